The van der Waals surface area contributed by atoms with Gasteiger partial charge in [0, 0.05) is 5.56 Å². The summed E-state index contributed by atoms with van der Waals surface area (Å²) < 4.78 is 0. The maximum absolute atomic E-state index is 9.46. The predicted molar refractivity (Wildman–Crippen MR) is 74.1 cm³/mol. The molecule has 1 aliphatic heterocycles. The quantitative estimate of drug-likeness (QED) is 0.913. The highest BCUT2D eigenvalue weighted by molar-refractivity contribution is 6.06. The third kappa shape index (κ3) is 2.25. The second-order valence-electron chi connectivity index (χ2n) is 4.56. The van der Waals surface area contributed by atoms with Crippen LogP contribution in [0.15, 0.2) is 65.8 Å². The maximum Gasteiger partial charge on any atom is 0.162 e. The van der Waals surface area contributed by atoms with Crippen molar-refractivity contribution in [3.05, 3.63) is 71.8 Å². The van der Waals surface area contributed by atoms with Gasteiger partial charge >= 0.3 is 0 Å². The van der Waals surface area contributed by atoms with Crippen molar-refractivity contribution in [3.8, 4) is 0 Å². The van der Waals surface area contributed by atoms with Crippen LogP contribution < -0.4 is 0 Å². The van der Waals surface area contributed by atoms with Crippen LogP contribution in [0.1, 0.15) is 17.0 Å². The van der Waals surface area contributed by atoms with Gasteiger partial charge in [-0.05, 0) is 5.56 Å². The molecule has 1 aliphatic rings. The molecule has 0 fully saturated rings. The Labute approximate surface area is 112 Å². The van der Waals surface area contributed by atoms with Crippen molar-refractivity contribution in [2.24, 2.45) is 5.16 Å². The van der Waals surface area contributed by atoms with Crippen LogP contribution in [-0.4, -0.2) is 23.5 Å². The maximum atomic E-state index is 9.46. The predicted octanol–water partition coefficient (Wildman–Crippen LogP) is 2.57. The van der Waals surface area contributed by atoms with Crippen LogP contribution in [0, 0.1) is 0 Å². The Bertz CT molecular complexity index is 566. The Morgan fingerprint density at radius 1 is 0.947 bits per heavy atom. The molecule has 19 heavy (non-hydrogen) atoms. The summed E-state index contributed by atoms with van der Waals surface area (Å²) in [5, 5.41) is 13.6. The van der Waals surface area contributed by atoms with E-state index in [1.54, 1.807) is 0 Å². The van der Waals surface area contributed by atoms with Gasteiger partial charge in [-0.3, -0.25) is 0 Å². The zero-order valence-electron chi connectivity index (χ0n) is 10.4. The third-order valence-corrected chi connectivity index (χ3v) is 3.36. The first kappa shape index (κ1) is 11.9. The monoisotopic (exact) mass is 253 g/mol. The summed E-state index contributed by atoms with van der Waals surface area (Å²) in [4.78, 5) is 5.37. The number of rotatable bonds is 3. The van der Waals surface area contributed by atoms with E-state index in [9.17, 15) is 5.11 Å². The Morgan fingerprint density at radius 3 is 2.21 bits per heavy atom. The van der Waals surface area contributed by atoms with Crippen LogP contribution in [0.4, 0.5) is 0 Å². The normalized spacial score (nSPS) is 21.8. The molecule has 0 saturated carbocycles. The van der Waals surface area contributed by atoms with Gasteiger partial charge in [0.05, 0.1) is 18.2 Å². The van der Waals surface area contributed by atoms with E-state index >= 15 is 0 Å². The lowest BCUT2D eigenvalue weighted by atomic mass is 9.86. The van der Waals surface area contributed by atoms with Crippen molar-refractivity contribution >= 4 is 5.71 Å². The van der Waals surface area contributed by atoms with Crippen molar-refractivity contribution in [1.82, 2.24) is 0 Å². The molecular formula is C16H15NO2. The molecule has 0 amide bonds. The highest BCUT2D eigenvalue weighted by Gasteiger charge is 2.35. The molecule has 0 radical (unpaired) electrons. The summed E-state index contributed by atoms with van der Waals surface area (Å²) in [6.07, 6.45) is -0.308. The molecule has 0 bridgehead atoms. The first-order chi connectivity index (χ1) is 9.40. The van der Waals surface area contributed by atoms with Crippen molar-refractivity contribution in [1.29, 1.82) is 0 Å². The fraction of sp³-hybridized carbons (Fsp3) is 0.188. The van der Waals surface area contributed by atoms with Crippen LogP contribution in [-0.2, 0) is 4.84 Å². The molecule has 2 aromatic carbocycles. The molecule has 3 heteroatoms. The van der Waals surface area contributed by atoms with Gasteiger partial charge in [-0.15, -0.1) is 0 Å². The van der Waals surface area contributed by atoms with Gasteiger partial charge in [-0.25, -0.2) is 0 Å². The summed E-state index contributed by atoms with van der Waals surface area (Å²) >= 11 is 0. The van der Waals surface area contributed by atoms with E-state index < -0.39 is 0 Å². The van der Waals surface area contributed by atoms with E-state index in [-0.39, 0.29) is 18.6 Å². The number of aliphatic hydroxyl groups excluding tert-OH is 1. The average molecular weight is 253 g/mol. The number of nitrogens with zero attached hydrogens (tertiary/aromatic N) is 1. The fourth-order valence-electron chi connectivity index (χ4n) is 2.43. The lowest BCUT2D eigenvalue weighted by molar-refractivity contribution is 0.0307. The summed E-state index contributed by atoms with van der Waals surface area (Å²) in [6.45, 7) is -0.0423. The van der Waals surface area contributed by atoms with Gasteiger partial charge in [0.1, 0.15) is 0 Å². The Balaban J connectivity index is 2.00. The largest absolute Gasteiger partial charge is 0.392 e. The molecule has 0 aromatic heterocycles. The summed E-state index contributed by atoms with van der Waals surface area (Å²) in [5.74, 6) is -0.0198. The topological polar surface area (TPSA) is 41.8 Å². The second kappa shape index (κ2) is 5.24. The summed E-state index contributed by atoms with van der Waals surface area (Å²) in [7, 11) is 0. The minimum Gasteiger partial charge on any atom is -0.392 e. The van der Waals surface area contributed by atoms with Crippen LogP contribution in [0.2, 0.25) is 0 Å². The molecule has 3 nitrogen and oxygen atoms in total. The molecule has 1 heterocycles. The van der Waals surface area contributed by atoms with Gasteiger partial charge in [-0.2, -0.15) is 0 Å². The number of aliphatic hydroxyl groups is 1. The smallest absolute Gasteiger partial charge is 0.162 e. The van der Waals surface area contributed by atoms with Crippen LogP contribution in [0.5, 0.6) is 0 Å². The van der Waals surface area contributed by atoms with Crippen molar-refractivity contribution in [3.63, 3.8) is 0 Å². The van der Waals surface area contributed by atoms with Crippen molar-refractivity contribution in [2.45, 2.75) is 12.0 Å². The van der Waals surface area contributed by atoms with E-state index in [1.165, 1.54) is 0 Å². The lowest BCUT2D eigenvalue weighted by Crippen LogP contribution is -2.25. The molecule has 0 unspecified atom stereocenters. The molecule has 3 rings (SSSR count). The van der Waals surface area contributed by atoms with Crippen LogP contribution >= 0.6 is 0 Å². The van der Waals surface area contributed by atoms with Gasteiger partial charge < -0.3 is 9.94 Å². The molecule has 2 atom stereocenters. The minimum atomic E-state index is -0.308. The number of hydrogen-bond donors (Lipinski definition) is 1. The number of benzene rings is 2. The standard InChI is InChI=1S/C16H15NO2/c18-11-14-15(12-7-3-1-4-8-12)16(17-19-14)13-9-5-2-6-10-13/h1-10,14-15,18H,11H2/t14-,15-/m0/s1. The zero-order valence-corrected chi connectivity index (χ0v) is 10.4. The Hall–Kier alpha value is -2.13. The highest BCUT2D eigenvalue weighted by atomic mass is 16.6. The molecule has 1 N–H and O–H groups in total. The van der Waals surface area contributed by atoms with Crippen LogP contribution in [0.3, 0.4) is 0 Å². The van der Waals surface area contributed by atoms with Gasteiger partial charge in [0.2, 0.25) is 0 Å². The van der Waals surface area contributed by atoms with Crippen molar-refractivity contribution < 1.29 is 9.94 Å². The molecule has 0 saturated heterocycles. The van der Waals surface area contributed by atoms with Gasteiger partial charge in [0.15, 0.2) is 6.10 Å². The average Bonchev–Trinajstić information content (AvgIpc) is 2.93. The van der Waals surface area contributed by atoms with E-state index in [4.69, 9.17) is 4.84 Å². The van der Waals surface area contributed by atoms with Gasteiger partial charge in [-0.1, -0.05) is 65.8 Å². The molecular weight excluding hydrogens is 238 g/mol. The van der Waals surface area contributed by atoms with E-state index in [0.29, 0.717) is 0 Å². The number of oxime groups is 1. The SMILES string of the molecule is OC[C@@H]1ON=C(c2ccccc2)[C@H]1c1ccccc1. The molecule has 0 spiro atoms. The van der Waals surface area contributed by atoms with E-state index in [1.807, 2.05) is 60.7 Å². The molecule has 96 valence electrons. The Morgan fingerprint density at radius 2 is 1.58 bits per heavy atom. The summed E-state index contributed by atoms with van der Waals surface area (Å²) in [5.41, 5.74) is 3.03. The summed E-state index contributed by atoms with van der Waals surface area (Å²) in [6, 6.07) is 20.0. The van der Waals surface area contributed by atoms with Crippen LogP contribution in [0.25, 0.3) is 0 Å². The lowest BCUT2D eigenvalue weighted by Gasteiger charge is -2.17. The van der Waals surface area contributed by atoms with Gasteiger partial charge in [0.25, 0.3) is 0 Å². The highest BCUT2D eigenvalue weighted by Crippen LogP contribution is 2.31. The van der Waals surface area contributed by atoms with E-state index in [2.05, 4.69) is 5.16 Å². The molecule has 2 aromatic rings. The molecule has 0 aliphatic carbocycles. The first-order valence-electron chi connectivity index (χ1n) is 6.35. The Kier molecular flexibility index (Phi) is 3.29. The van der Waals surface area contributed by atoms with E-state index in [0.717, 1.165) is 16.8 Å². The third-order valence-electron chi connectivity index (χ3n) is 3.36. The second-order valence-corrected chi connectivity index (χ2v) is 4.56. The van der Waals surface area contributed by atoms with Crippen molar-refractivity contribution in [2.75, 3.05) is 6.61 Å². The minimum absolute atomic E-state index is 0.0198. The zero-order chi connectivity index (χ0) is 13.1. The first-order valence-corrected chi connectivity index (χ1v) is 6.35. The fourth-order valence-corrected chi connectivity index (χ4v) is 2.43. The number of hydrogen-bond acceptors (Lipinski definition) is 3.